The minimum absolute atomic E-state index is 0.277. The van der Waals surface area contributed by atoms with Crippen LogP contribution in [0.1, 0.15) is 67.3 Å². The first-order valence-electron chi connectivity index (χ1n) is 13.9. The Morgan fingerprint density at radius 3 is 2.52 bits per heavy atom. The van der Waals surface area contributed by atoms with Gasteiger partial charge in [0.05, 0.1) is 5.41 Å². The van der Waals surface area contributed by atoms with Crippen molar-refractivity contribution >= 4 is 34.7 Å². The average Bonchev–Trinajstić information content (AvgIpc) is 3.78. The molecule has 1 N–H and O–H groups in total. The lowest BCUT2D eigenvalue weighted by molar-refractivity contribution is -0.121. The second-order valence-corrected chi connectivity index (χ2v) is 10.8. The van der Waals surface area contributed by atoms with Crippen LogP contribution in [0.5, 0.6) is 0 Å². The molecule has 0 bridgehead atoms. The van der Waals surface area contributed by atoms with Gasteiger partial charge in [-0.3, -0.25) is 4.79 Å². The Bertz CT molecular complexity index is 1540. The lowest BCUT2D eigenvalue weighted by Gasteiger charge is -2.18. The highest BCUT2D eigenvalue weighted by Gasteiger charge is 2.50. The van der Waals surface area contributed by atoms with Gasteiger partial charge < -0.3 is 5.32 Å². The fraction of sp³-hybridized carbons (Fsp3) is 0.243. The number of carbonyl (C=O) groups is 1. The molecule has 1 aliphatic rings. The van der Waals surface area contributed by atoms with E-state index in [2.05, 4.69) is 67.0 Å². The third kappa shape index (κ3) is 6.48. The molecule has 0 spiro atoms. The van der Waals surface area contributed by atoms with E-state index in [1.54, 1.807) is 0 Å². The Morgan fingerprint density at radius 2 is 1.88 bits per heavy atom. The van der Waals surface area contributed by atoms with Crippen LogP contribution in [0.3, 0.4) is 0 Å². The van der Waals surface area contributed by atoms with E-state index in [1.807, 2.05) is 69.5 Å². The molecular formula is C37H38ClNO. The first kappa shape index (κ1) is 29.2. The number of halogens is 1. The molecular weight excluding hydrogens is 510 g/mol. The van der Waals surface area contributed by atoms with Gasteiger partial charge in [-0.1, -0.05) is 72.8 Å². The molecule has 1 fully saturated rings. The van der Waals surface area contributed by atoms with E-state index < -0.39 is 0 Å². The predicted octanol–water partition coefficient (Wildman–Crippen LogP) is 9.73. The molecule has 4 rings (SSSR count). The predicted molar refractivity (Wildman–Crippen MR) is 172 cm³/mol. The maximum Gasteiger partial charge on any atom is 0.143 e. The molecule has 1 saturated carbocycles. The van der Waals surface area contributed by atoms with Crippen LogP contribution in [0.2, 0.25) is 5.02 Å². The summed E-state index contributed by atoms with van der Waals surface area (Å²) in [4.78, 5) is 13.4. The summed E-state index contributed by atoms with van der Waals surface area (Å²) < 4.78 is 0. The first-order valence-corrected chi connectivity index (χ1v) is 14.3. The van der Waals surface area contributed by atoms with Gasteiger partial charge in [0.25, 0.3) is 0 Å². The van der Waals surface area contributed by atoms with E-state index in [0.717, 1.165) is 57.5 Å². The van der Waals surface area contributed by atoms with E-state index in [4.69, 9.17) is 11.6 Å². The first-order chi connectivity index (χ1) is 19.3. The highest BCUT2D eigenvalue weighted by Crippen LogP contribution is 2.50. The second kappa shape index (κ2) is 13.0. The molecule has 40 heavy (non-hydrogen) atoms. The summed E-state index contributed by atoms with van der Waals surface area (Å²) in [5.41, 5.74) is 12.6. The molecule has 3 heteroatoms. The van der Waals surface area contributed by atoms with E-state index in [9.17, 15) is 4.79 Å². The lowest BCUT2D eigenvalue weighted by atomic mass is 9.87. The molecule has 0 atom stereocenters. The van der Waals surface area contributed by atoms with Crippen molar-refractivity contribution in [3.63, 3.8) is 0 Å². The van der Waals surface area contributed by atoms with Crippen molar-refractivity contribution in [2.45, 2.75) is 51.9 Å². The fourth-order valence-corrected chi connectivity index (χ4v) is 5.40. The number of nitrogens with one attached hydrogen (secondary N) is 1. The van der Waals surface area contributed by atoms with Crippen LogP contribution in [0, 0.1) is 6.92 Å². The van der Waals surface area contributed by atoms with Crippen molar-refractivity contribution in [1.82, 2.24) is 5.32 Å². The van der Waals surface area contributed by atoms with Crippen LogP contribution in [-0.4, -0.2) is 12.8 Å². The van der Waals surface area contributed by atoms with Crippen molar-refractivity contribution in [1.29, 1.82) is 0 Å². The number of carbonyl (C=O) groups excluding carboxylic acids is 1. The Labute approximate surface area is 244 Å². The molecule has 2 nitrogen and oxygen atoms in total. The minimum atomic E-state index is -0.374. The zero-order valence-corrected chi connectivity index (χ0v) is 24.7. The number of rotatable bonds is 11. The Morgan fingerprint density at radius 1 is 1.07 bits per heavy atom. The summed E-state index contributed by atoms with van der Waals surface area (Å²) in [5.74, 6) is 0.277. The number of hydrogen-bond donors (Lipinski definition) is 1. The van der Waals surface area contributed by atoms with Gasteiger partial charge in [-0.2, -0.15) is 0 Å². The molecule has 204 valence electrons. The highest BCUT2D eigenvalue weighted by molar-refractivity contribution is 6.30. The molecule has 0 radical (unpaired) electrons. The van der Waals surface area contributed by atoms with E-state index in [-0.39, 0.29) is 11.2 Å². The van der Waals surface area contributed by atoms with Gasteiger partial charge in [-0.25, -0.2) is 0 Å². The Hall–Kier alpha value is -3.84. The number of allylic oxidation sites excluding steroid dienone is 5. The SMILES string of the molecule is C=C(CCC(=O)C1(c2cccc(Cl)c2)CC1)c1ccc(-c2ccc(C=C=CC)c(C)c2)c(/C(=C\C=C\C)NC)c1. The zero-order valence-electron chi connectivity index (χ0n) is 24.0. The summed E-state index contributed by atoms with van der Waals surface area (Å²) in [6.45, 7) is 10.5. The summed E-state index contributed by atoms with van der Waals surface area (Å²) in [6.07, 6.45) is 12.9. The molecule has 1 aliphatic carbocycles. The van der Waals surface area contributed by atoms with Crippen molar-refractivity contribution in [3.8, 4) is 11.1 Å². The minimum Gasteiger partial charge on any atom is -0.388 e. The molecule has 3 aromatic carbocycles. The van der Waals surface area contributed by atoms with Crippen molar-refractivity contribution < 1.29 is 4.79 Å². The second-order valence-electron chi connectivity index (χ2n) is 10.4. The molecule has 0 aromatic heterocycles. The molecule has 0 unspecified atom stereocenters. The molecule has 0 aliphatic heterocycles. The number of ketones is 1. The van der Waals surface area contributed by atoms with E-state index in [0.29, 0.717) is 17.9 Å². The van der Waals surface area contributed by atoms with Gasteiger partial charge in [0.15, 0.2) is 0 Å². The number of hydrogen-bond acceptors (Lipinski definition) is 2. The maximum absolute atomic E-state index is 13.4. The fourth-order valence-electron chi connectivity index (χ4n) is 5.20. The van der Waals surface area contributed by atoms with Crippen LogP contribution >= 0.6 is 11.6 Å². The van der Waals surface area contributed by atoms with Crippen LogP contribution in [-0.2, 0) is 10.2 Å². The third-order valence-electron chi connectivity index (χ3n) is 7.74. The Balaban J connectivity index is 1.62. The zero-order chi connectivity index (χ0) is 28.7. The van der Waals surface area contributed by atoms with Crippen LogP contribution in [0.25, 0.3) is 28.5 Å². The number of Topliss-reactive ketones (excluding diaryl/α,β-unsaturated/α-hetero) is 1. The summed E-state index contributed by atoms with van der Waals surface area (Å²) in [6, 6.07) is 20.8. The molecule has 3 aromatic rings. The monoisotopic (exact) mass is 547 g/mol. The van der Waals surface area contributed by atoms with Gasteiger partial charge in [-0.15, -0.1) is 5.73 Å². The lowest BCUT2D eigenvalue weighted by Crippen LogP contribution is -2.20. The quantitative estimate of drug-likeness (QED) is 0.191. The van der Waals surface area contributed by atoms with Gasteiger partial charge in [-0.05, 0) is 115 Å². The van der Waals surface area contributed by atoms with Gasteiger partial charge in [0.2, 0.25) is 0 Å². The normalized spacial score (nSPS) is 14.0. The average molecular weight is 548 g/mol. The van der Waals surface area contributed by atoms with Crippen molar-refractivity contribution in [2.24, 2.45) is 0 Å². The number of benzene rings is 3. The van der Waals surface area contributed by atoms with E-state index >= 15 is 0 Å². The Kier molecular flexibility index (Phi) is 9.48. The largest absolute Gasteiger partial charge is 0.388 e. The summed E-state index contributed by atoms with van der Waals surface area (Å²) in [5, 5.41) is 4.06. The van der Waals surface area contributed by atoms with Crippen LogP contribution in [0.4, 0.5) is 0 Å². The summed E-state index contributed by atoms with van der Waals surface area (Å²) in [7, 11) is 1.94. The number of aryl methyl sites for hydroxylation is 1. The highest BCUT2D eigenvalue weighted by atomic mass is 35.5. The molecule has 0 saturated heterocycles. The molecule has 0 heterocycles. The topological polar surface area (TPSA) is 29.1 Å². The van der Waals surface area contributed by atoms with Crippen LogP contribution < -0.4 is 5.32 Å². The van der Waals surface area contributed by atoms with E-state index in [1.165, 1.54) is 5.56 Å². The third-order valence-corrected chi connectivity index (χ3v) is 7.98. The van der Waals surface area contributed by atoms with Crippen molar-refractivity contribution in [2.75, 3.05) is 7.05 Å². The van der Waals surface area contributed by atoms with Gasteiger partial charge >= 0.3 is 0 Å². The summed E-state index contributed by atoms with van der Waals surface area (Å²) >= 11 is 6.22. The molecule has 0 amide bonds. The van der Waals surface area contributed by atoms with Crippen molar-refractivity contribution in [3.05, 3.63) is 130 Å². The standard InChI is InChI=1S/C37H38ClNO/c1-6-8-11-28-16-17-30(23-27(28)4)33-19-18-29(24-34(33)35(39-5)14-9-7-2)26(3)15-20-36(40)37(21-22-37)31-12-10-13-32(38)25-31/h6-7,9-14,16-19,23-25,39H,3,15,20-22H2,1-2,4-5H3/b9-7+,35-14+. The smallest absolute Gasteiger partial charge is 0.143 e. The van der Waals surface area contributed by atoms with Gasteiger partial charge in [0.1, 0.15) is 5.78 Å². The maximum atomic E-state index is 13.4. The van der Waals surface area contributed by atoms with Crippen LogP contribution in [0.15, 0.2) is 97.3 Å². The van der Waals surface area contributed by atoms with Gasteiger partial charge in [0, 0.05) is 29.8 Å².